The summed E-state index contributed by atoms with van der Waals surface area (Å²) in [6.07, 6.45) is 1.19. The summed E-state index contributed by atoms with van der Waals surface area (Å²) >= 11 is 0. The molecule has 4 nitrogen and oxygen atoms in total. The number of aryl methyl sites for hydroxylation is 1. The first-order valence-corrected chi connectivity index (χ1v) is 6.84. The van der Waals surface area contributed by atoms with Crippen LogP contribution in [0.4, 0.5) is 5.69 Å². The molecule has 0 aromatic heterocycles. The molecule has 1 rings (SSSR count). The summed E-state index contributed by atoms with van der Waals surface area (Å²) < 4.78 is 29.4. The highest BCUT2D eigenvalue weighted by molar-refractivity contribution is 7.85. The van der Waals surface area contributed by atoms with Gasteiger partial charge in [0.2, 0.25) is 0 Å². The van der Waals surface area contributed by atoms with E-state index < -0.39 is 10.1 Å². The lowest BCUT2D eigenvalue weighted by molar-refractivity contribution is 0.480. The first-order chi connectivity index (χ1) is 7.47. The van der Waals surface area contributed by atoms with Gasteiger partial charge >= 0.3 is 0 Å². The SMILES string of the molecule is Cc1ccc(NCCCCS(=O)(=O)O)cc1. The molecule has 0 unspecified atom stereocenters. The quantitative estimate of drug-likeness (QED) is 0.593. The van der Waals surface area contributed by atoms with E-state index in [1.807, 2.05) is 31.2 Å². The fraction of sp³-hybridized carbons (Fsp3) is 0.455. The van der Waals surface area contributed by atoms with E-state index in [2.05, 4.69) is 5.32 Å². The third kappa shape index (κ3) is 5.72. The van der Waals surface area contributed by atoms with Crippen LogP contribution in [0.15, 0.2) is 24.3 Å². The van der Waals surface area contributed by atoms with E-state index in [1.54, 1.807) is 0 Å². The van der Waals surface area contributed by atoms with Crippen LogP contribution < -0.4 is 5.32 Å². The Kier molecular flexibility index (Phi) is 4.76. The summed E-state index contributed by atoms with van der Waals surface area (Å²) in [7, 11) is -3.80. The molecular weight excluding hydrogens is 226 g/mol. The summed E-state index contributed by atoms with van der Waals surface area (Å²) in [6, 6.07) is 8.00. The largest absolute Gasteiger partial charge is 0.385 e. The van der Waals surface area contributed by atoms with E-state index in [0.29, 0.717) is 19.4 Å². The molecule has 1 aromatic rings. The standard InChI is InChI=1S/C11H17NO3S/c1-10-4-6-11(7-5-10)12-8-2-3-9-16(13,14)15/h4-7,12H,2-3,8-9H2,1H3,(H,13,14,15). The molecule has 0 aliphatic heterocycles. The van der Waals surface area contributed by atoms with Crippen LogP contribution >= 0.6 is 0 Å². The predicted molar refractivity (Wildman–Crippen MR) is 65.3 cm³/mol. The Hall–Kier alpha value is -1.07. The second-order valence-corrected chi connectivity index (χ2v) is 5.36. The minimum atomic E-state index is -3.80. The maximum atomic E-state index is 10.4. The van der Waals surface area contributed by atoms with E-state index in [1.165, 1.54) is 5.56 Å². The Labute approximate surface area is 96.4 Å². The van der Waals surface area contributed by atoms with E-state index in [-0.39, 0.29) is 5.75 Å². The molecule has 0 fully saturated rings. The summed E-state index contributed by atoms with van der Waals surface area (Å²) in [5.74, 6) is -0.164. The van der Waals surface area contributed by atoms with Crippen molar-refractivity contribution in [3.63, 3.8) is 0 Å². The van der Waals surface area contributed by atoms with Crippen molar-refractivity contribution in [2.45, 2.75) is 19.8 Å². The molecule has 90 valence electrons. The molecule has 16 heavy (non-hydrogen) atoms. The van der Waals surface area contributed by atoms with Gasteiger partial charge < -0.3 is 5.32 Å². The van der Waals surface area contributed by atoms with Gasteiger partial charge in [0.25, 0.3) is 10.1 Å². The summed E-state index contributed by atoms with van der Waals surface area (Å²) in [4.78, 5) is 0. The zero-order valence-corrected chi connectivity index (χ0v) is 10.1. The number of rotatable bonds is 6. The monoisotopic (exact) mass is 243 g/mol. The Bertz CT molecular complexity index is 411. The lowest BCUT2D eigenvalue weighted by atomic mass is 10.2. The molecule has 0 saturated carbocycles. The Balaban J connectivity index is 2.19. The van der Waals surface area contributed by atoms with Crippen LogP contribution in [0.1, 0.15) is 18.4 Å². The molecule has 1 aromatic carbocycles. The van der Waals surface area contributed by atoms with Crippen LogP contribution in [0.2, 0.25) is 0 Å². The summed E-state index contributed by atoms with van der Waals surface area (Å²) in [6.45, 7) is 2.73. The van der Waals surface area contributed by atoms with Crippen molar-refractivity contribution >= 4 is 15.8 Å². The van der Waals surface area contributed by atoms with E-state index >= 15 is 0 Å². The first kappa shape index (κ1) is 13.0. The van der Waals surface area contributed by atoms with Crippen molar-refractivity contribution in [1.82, 2.24) is 0 Å². The summed E-state index contributed by atoms with van der Waals surface area (Å²) in [5.41, 5.74) is 2.23. The average Bonchev–Trinajstić information content (AvgIpc) is 2.19. The van der Waals surface area contributed by atoms with Gasteiger partial charge in [-0.1, -0.05) is 17.7 Å². The number of hydrogen-bond acceptors (Lipinski definition) is 3. The minimum absolute atomic E-state index is 0.164. The van der Waals surface area contributed by atoms with E-state index in [4.69, 9.17) is 4.55 Å². The smallest absolute Gasteiger partial charge is 0.264 e. The molecule has 5 heteroatoms. The number of hydrogen-bond donors (Lipinski definition) is 2. The van der Waals surface area contributed by atoms with Crippen molar-refractivity contribution < 1.29 is 13.0 Å². The number of anilines is 1. The maximum absolute atomic E-state index is 10.4. The third-order valence-corrected chi connectivity index (χ3v) is 3.01. The van der Waals surface area contributed by atoms with Gasteiger partial charge in [0.1, 0.15) is 0 Å². The van der Waals surface area contributed by atoms with Crippen LogP contribution in [0.25, 0.3) is 0 Å². The Morgan fingerprint density at radius 1 is 1.19 bits per heavy atom. The van der Waals surface area contributed by atoms with Gasteiger partial charge in [0, 0.05) is 12.2 Å². The highest BCUT2D eigenvalue weighted by Crippen LogP contribution is 2.08. The van der Waals surface area contributed by atoms with E-state index in [9.17, 15) is 8.42 Å². The van der Waals surface area contributed by atoms with Crippen molar-refractivity contribution in [2.75, 3.05) is 17.6 Å². The van der Waals surface area contributed by atoms with Crippen molar-refractivity contribution in [3.8, 4) is 0 Å². The molecule has 0 aliphatic carbocycles. The van der Waals surface area contributed by atoms with Crippen LogP contribution in [-0.4, -0.2) is 25.3 Å². The normalized spacial score (nSPS) is 11.4. The number of unbranched alkanes of at least 4 members (excludes halogenated alkanes) is 1. The van der Waals surface area contributed by atoms with Gasteiger partial charge in [0.15, 0.2) is 0 Å². The lowest BCUT2D eigenvalue weighted by Gasteiger charge is -2.05. The molecule has 2 N–H and O–H groups in total. The zero-order valence-electron chi connectivity index (χ0n) is 9.31. The van der Waals surface area contributed by atoms with Gasteiger partial charge in [-0.3, -0.25) is 4.55 Å². The van der Waals surface area contributed by atoms with Gasteiger partial charge in [-0.25, -0.2) is 0 Å². The molecular formula is C11H17NO3S. The van der Waals surface area contributed by atoms with Crippen LogP contribution in [0.5, 0.6) is 0 Å². The molecule has 0 radical (unpaired) electrons. The van der Waals surface area contributed by atoms with Gasteiger partial charge in [-0.2, -0.15) is 8.42 Å². The average molecular weight is 243 g/mol. The van der Waals surface area contributed by atoms with Crippen LogP contribution in [0.3, 0.4) is 0 Å². The van der Waals surface area contributed by atoms with Crippen molar-refractivity contribution in [3.05, 3.63) is 29.8 Å². The number of benzene rings is 1. The molecule has 0 aliphatic rings. The number of nitrogens with one attached hydrogen (secondary N) is 1. The first-order valence-electron chi connectivity index (χ1n) is 5.23. The Morgan fingerprint density at radius 3 is 2.38 bits per heavy atom. The molecule has 0 atom stereocenters. The fourth-order valence-electron chi connectivity index (χ4n) is 1.31. The minimum Gasteiger partial charge on any atom is -0.385 e. The van der Waals surface area contributed by atoms with Gasteiger partial charge in [-0.05, 0) is 31.9 Å². The Morgan fingerprint density at radius 2 is 1.81 bits per heavy atom. The van der Waals surface area contributed by atoms with Crippen molar-refractivity contribution in [2.24, 2.45) is 0 Å². The predicted octanol–water partition coefficient (Wildman–Crippen LogP) is 2.07. The van der Waals surface area contributed by atoms with E-state index in [0.717, 1.165) is 5.69 Å². The highest BCUT2D eigenvalue weighted by atomic mass is 32.2. The molecule has 0 heterocycles. The lowest BCUT2D eigenvalue weighted by Crippen LogP contribution is -2.07. The molecule has 0 amide bonds. The van der Waals surface area contributed by atoms with Crippen LogP contribution in [-0.2, 0) is 10.1 Å². The second-order valence-electron chi connectivity index (χ2n) is 3.79. The van der Waals surface area contributed by atoms with Gasteiger partial charge in [0.05, 0.1) is 5.75 Å². The molecule has 0 bridgehead atoms. The second kappa shape index (κ2) is 5.86. The summed E-state index contributed by atoms with van der Waals surface area (Å²) in [5, 5.41) is 3.18. The zero-order chi connectivity index (χ0) is 12.0. The molecule has 0 saturated heterocycles. The topological polar surface area (TPSA) is 66.4 Å². The van der Waals surface area contributed by atoms with Crippen molar-refractivity contribution in [1.29, 1.82) is 0 Å². The maximum Gasteiger partial charge on any atom is 0.264 e. The third-order valence-electron chi connectivity index (χ3n) is 2.21. The highest BCUT2D eigenvalue weighted by Gasteiger charge is 2.02. The fourth-order valence-corrected chi connectivity index (χ4v) is 1.88. The van der Waals surface area contributed by atoms with Crippen LogP contribution in [0, 0.1) is 6.92 Å². The molecule has 0 spiro atoms. The van der Waals surface area contributed by atoms with Gasteiger partial charge in [-0.15, -0.1) is 0 Å².